The summed E-state index contributed by atoms with van der Waals surface area (Å²) in [7, 11) is 0. The molecule has 0 amide bonds. The van der Waals surface area contributed by atoms with Gasteiger partial charge in [-0.1, -0.05) is 12.1 Å². The van der Waals surface area contributed by atoms with Crippen LogP contribution < -0.4 is 5.32 Å². The molecule has 1 fully saturated rings. The molecule has 5 heteroatoms. The zero-order chi connectivity index (χ0) is 14.7. The number of aromatic nitrogens is 2. The molecule has 2 N–H and O–H groups in total. The fourth-order valence-corrected chi connectivity index (χ4v) is 2.87. The lowest BCUT2D eigenvalue weighted by Crippen LogP contribution is -2.31. The number of piperidine rings is 1. The SMILES string of the molecule is O=C(O)c1ccc([C@@H]2CC(c3ccnnc3)CCN2)cc1. The minimum absolute atomic E-state index is 0.250. The van der Waals surface area contributed by atoms with E-state index in [4.69, 9.17) is 5.11 Å². The molecule has 108 valence electrons. The minimum Gasteiger partial charge on any atom is -0.478 e. The second-order valence-corrected chi connectivity index (χ2v) is 5.33. The van der Waals surface area contributed by atoms with Gasteiger partial charge in [0.25, 0.3) is 0 Å². The fourth-order valence-electron chi connectivity index (χ4n) is 2.87. The average Bonchev–Trinajstić information content (AvgIpc) is 2.56. The quantitative estimate of drug-likeness (QED) is 0.904. The van der Waals surface area contributed by atoms with Crippen molar-refractivity contribution in [3.63, 3.8) is 0 Å². The number of carboxylic acids is 1. The standard InChI is InChI=1S/C16H17N3O2/c20-16(21)12-3-1-11(2-4-12)15-9-13(5-7-17-15)14-6-8-18-19-10-14/h1-4,6,8,10,13,15,17H,5,7,9H2,(H,20,21)/t13?,15-/m0/s1. The number of nitrogens with zero attached hydrogens (tertiary/aromatic N) is 2. The molecule has 0 radical (unpaired) electrons. The van der Waals surface area contributed by atoms with Crippen molar-refractivity contribution in [1.82, 2.24) is 15.5 Å². The number of hydrogen-bond donors (Lipinski definition) is 2. The van der Waals surface area contributed by atoms with Crippen molar-refractivity contribution in [2.24, 2.45) is 0 Å². The lowest BCUT2D eigenvalue weighted by atomic mass is 9.85. The van der Waals surface area contributed by atoms with Gasteiger partial charge in [0.15, 0.2) is 0 Å². The number of nitrogens with one attached hydrogen (secondary N) is 1. The second kappa shape index (κ2) is 6.01. The van der Waals surface area contributed by atoms with E-state index in [1.54, 1.807) is 18.3 Å². The molecule has 1 saturated heterocycles. The van der Waals surface area contributed by atoms with Crippen LogP contribution in [0, 0.1) is 0 Å². The zero-order valence-corrected chi connectivity index (χ0v) is 11.6. The number of carbonyl (C=O) groups is 1. The molecule has 2 aromatic rings. The summed E-state index contributed by atoms with van der Waals surface area (Å²) in [5, 5.41) is 20.2. The van der Waals surface area contributed by atoms with Crippen molar-refractivity contribution in [2.75, 3.05) is 6.54 Å². The van der Waals surface area contributed by atoms with Gasteiger partial charge in [-0.15, -0.1) is 0 Å². The lowest BCUT2D eigenvalue weighted by molar-refractivity contribution is 0.0697. The van der Waals surface area contributed by atoms with Crippen LogP contribution in [0.3, 0.4) is 0 Å². The molecule has 0 bridgehead atoms. The summed E-state index contributed by atoms with van der Waals surface area (Å²) in [6, 6.07) is 9.39. The molecule has 1 aromatic heterocycles. The van der Waals surface area contributed by atoms with E-state index in [1.165, 1.54) is 5.56 Å². The van der Waals surface area contributed by atoms with Crippen molar-refractivity contribution >= 4 is 5.97 Å². The highest BCUT2D eigenvalue weighted by Crippen LogP contribution is 2.33. The Bertz CT molecular complexity index is 613. The topological polar surface area (TPSA) is 75.1 Å². The fraction of sp³-hybridized carbons (Fsp3) is 0.312. The van der Waals surface area contributed by atoms with E-state index in [0.29, 0.717) is 11.5 Å². The average molecular weight is 283 g/mol. The van der Waals surface area contributed by atoms with E-state index in [0.717, 1.165) is 24.9 Å². The summed E-state index contributed by atoms with van der Waals surface area (Å²) in [5.41, 5.74) is 2.68. The highest BCUT2D eigenvalue weighted by atomic mass is 16.4. The van der Waals surface area contributed by atoms with E-state index < -0.39 is 5.97 Å². The first-order chi connectivity index (χ1) is 10.2. The van der Waals surface area contributed by atoms with Crippen LogP contribution in [-0.2, 0) is 0 Å². The van der Waals surface area contributed by atoms with E-state index in [-0.39, 0.29) is 6.04 Å². The summed E-state index contributed by atoms with van der Waals surface area (Å²) >= 11 is 0. The Morgan fingerprint density at radius 3 is 2.62 bits per heavy atom. The third-order valence-electron chi connectivity index (χ3n) is 4.04. The Morgan fingerprint density at radius 1 is 1.14 bits per heavy atom. The van der Waals surface area contributed by atoms with Gasteiger partial charge in [0.2, 0.25) is 0 Å². The lowest BCUT2D eigenvalue weighted by Gasteiger charge is -2.30. The summed E-state index contributed by atoms with van der Waals surface area (Å²) in [4.78, 5) is 10.9. The van der Waals surface area contributed by atoms with Crippen LogP contribution in [0.15, 0.2) is 42.7 Å². The molecule has 3 rings (SSSR count). The maximum absolute atomic E-state index is 10.9. The van der Waals surface area contributed by atoms with Crippen LogP contribution in [0.4, 0.5) is 0 Å². The van der Waals surface area contributed by atoms with Gasteiger partial charge in [0.05, 0.1) is 11.8 Å². The molecule has 0 aliphatic carbocycles. The zero-order valence-electron chi connectivity index (χ0n) is 11.6. The van der Waals surface area contributed by atoms with Crippen LogP contribution >= 0.6 is 0 Å². The van der Waals surface area contributed by atoms with E-state index >= 15 is 0 Å². The van der Waals surface area contributed by atoms with Gasteiger partial charge in [-0.3, -0.25) is 0 Å². The normalized spacial score (nSPS) is 21.9. The summed E-state index contributed by atoms with van der Waals surface area (Å²) in [6.45, 7) is 0.943. The summed E-state index contributed by atoms with van der Waals surface area (Å²) in [6.07, 6.45) is 5.63. The predicted octanol–water partition coefficient (Wildman–Crippen LogP) is 2.38. The third-order valence-corrected chi connectivity index (χ3v) is 4.04. The molecule has 1 aromatic carbocycles. The van der Waals surface area contributed by atoms with Crippen LogP contribution in [0.2, 0.25) is 0 Å². The Labute approximate surface area is 123 Å². The van der Waals surface area contributed by atoms with Crippen molar-refractivity contribution in [3.8, 4) is 0 Å². The van der Waals surface area contributed by atoms with Gasteiger partial charge in [-0.25, -0.2) is 4.79 Å². The van der Waals surface area contributed by atoms with Crippen molar-refractivity contribution in [1.29, 1.82) is 0 Å². The van der Waals surface area contributed by atoms with Gasteiger partial charge < -0.3 is 10.4 Å². The van der Waals surface area contributed by atoms with Gasteiger partial charge in [-0.05, 0) is 54.6 Å². The van der Waals surface area contributed by atoms with Crippen LogP contribution in [0.5, 0.6) is 0 Å². The molecule has 1 aliphatic rings. The molecule has 1 unspecified atom stereocenters. The molecular formula is C16H17N3O2. The first-order valence-corrected chi connectivity index (χ1v) is 7.07. The number of carboxylic acid groups (broad SMARTS) is 1. The highest BCUT2D eigenvalue weighted by Gasteiger charge is 2.24. The number of benzene rings is 1. The molecule has 1 aliphatic heterocycles. The van der Waals surface area contributed by atoms with Crippen molar-refractivity contribution < 1.29 is 9.90 Å². The van der Waals surface area contributed by atoms with Crippen LogP contribution in [0.25, 0.3) is 0 Å². The van der Waals surface area contributed by atoms with E-state index in [9.17, 15) is 4.79 Å². The Morgan fingerprint density at radius 2 is 1.95 bits per heavy atom. The monoisotopic (exact) mass is 283 g/mol. The first kappa shape index (κ1) is 13.7. The van der Waals surface area contributed by atoms with E-state index in [1.807, 2.05) is 24.4 Å². The van der Waals surface area contributed by atoms with Gasteiger partial charge >= 0.3 is 5.97 Å². The Kier molecular flexibility index (Phi) is 3.92. The molecule has 2 heterocycles. The Hall–Kier alpha value is -2.27. The van der Waals surface area contributed by atoms with Gasteiger partial charge in [0.1, 0.15) is 0 Å². The van der Waals surface area contributed by atoms with E-state index in [2.05, 4.69) is 15.5 Å². The maximum Gasteiger partial charge on any atom is 0.335 e. The molecule has 5 nitrogen and oxygen atoms in total. The molecule has 2 atom stereocenters. The summed E-state index contributed by atoms with van der Waals surface area (Å²) < 4.78 is 0. The number of aromatic carboxylic acids is 1. The predicted molar refractivity (Wildman–Crippen MR) is 78.2 cm³/mol. The molecule has 21 heavy (non-hydrogen) atoms. The van der Waals surface area contributed by atoms with Crippen LogP contribution in [-0.4, -0.2) is 27.8 Å². The minimum atomic E-state index is -0.890. The molecule has 0 spiro atoms. The maximum atomic E-state index is 10.9. The summed E-state index contributed by atoms with van der Waals surface area (Å²) in [5.74, 6) is -0.426. The molecule has 0 saturated carbocycles. The molecular weight excluding hydrogens is 266 g/mol. The third kappa shape index (κ3) is 3.08. The van der Waals surface area contributed by atoms with Crippen molar-refractivity contribution in [3.05, 3.63) is 59.4 Å². The van der Waals surface area contributed by atoms with Gasteiger partial charge in [-0.2, -0.15) is 10.2 Å². The first-order valence-electron chi connectivity index (χ1n) is 7.07. The van der Waals surface area contributed by atoms with Crippen molar-refractivity contribution in [2.45, 2.75) is 24.8 Å². The Balaban J connectivity index is 1.75. The van der Waals surface area contributed by atoms with Gasteiger partial charge in [0, 0.05) is 12.2 Å². The second-order valence-electron chi connectivity index (χ2n) is 5.33. The largest absolute Gasteiger partial charge is 0.478 e. The number of rotatable bonds is 3. The van der Waals surface area contributed by atoms with Crippen LogP contribution in [0.1, 0.15) is 46.3 Å². The smallest absolute Gasteiger partial charge is 0.335 e. The highest BCUT2D eigenvalue weighted by molar-refractivity contribution is 5.87. The number of hydrogen-bond acceptors (Lipinski definition) is 4.